The Balaban J connectivity index is 1.31. The Morgan fingerprint density at radius 2 is 1.35 bits per heavy atom. The Morgan fingerprint density at radius 1 is 0.630 bits per heavy atom. The normalized spacial score (nSPS) is 11.5. The summed E-state index contributed by atoms with van der Waals surface area (Å²) in [6.45, 7) is 15.2. The number of hydrogen-bond donors (Lipinski definition) is 0. The van der Waals surface area contributed by atoms with Gasteiger partial charge in [-0.3, -0.25) is 4.57 Å². The van der Waals surface area contributed by atoms with Crippen LogP contribution < -0.4 is 4.74 Å². The first kappa shape index (κ1) is 29.5. The van der Waals surface area contributed by atoms with Gasteiger partial charge < -0.3 is 4.74 Å². The molecule has 0 saturated heterocycles. The summed E-state index contributed by atoms with van der Waals surface area (Å²) < 4.78 is 10.9. The zero-order chi connectivity index (χ0) is 32.1. The number of nitrogens with zero attached hydrogens (tertiary/aromatic N) is 4. The fourth-order valence-electron chi connectivity index (χ4n) is 7.03. The minimum atomic E-state index is 0.773. The maximum atomic E-state index is 6.61. The van der Waals surface area contributed by atoms with Crippen LogP contribution >= 0.6 is 0 Å². The molecule has 0 atom stereocenters. The molecular weight excluding hydrogens is 564 g/mol. The van der Waals surface area contributed by atoms with E-state index >= 15 is 0 Å². The molecular formula is C41H40N4O. The number of hydrogen-bond acceptors (Lipinski definition) is 3. The van der Waals surface area contributed by atoms with E-state index in [1.165, 1.54) is 44.2 Å². The van der Waals surface area contributed by atoms with E-state index in [2.05, 4.69) is 137 Å². The van der Waals surface area contributed by atoms with Crippen molar-refractivity contribution >= 4 is 21.8 Å². The van der Waals surface area contributed by atoms with Crippen LogP contribution in [0.4, 0.5) is 0 Å². The summed E-state index contributed by atoms with van der Waals surface area (Å²) in [7, 11) is 0. The maximum Gasteiger partial charge on any atom is 0.137 e. The number of rotatable bonds is 7. The summed E-state index contributed by atoms with van der Waals surface area (Å²) in [4.78, 5) is 4.73. The molecule has 0 radical (unpaired) electrons. The zero-order valence-corrected chi connectivity index (χ0v) is 27.8. The van der Waals surface area contributed by atoms with Crippen LogP contribution in [0.5, 0.6) is 11.5 Å². The van der Waals surface area contributed by atoms with Crippen LogP contribution in [0, 0.1) is 34.6 Å². The van der Waals surface area contributed by atoms with Crippen LogP contribution in [-0.2, 0) is 12.8 Å². The van der Waals surface area contributed by atoms with E-state index in [0.29, 0.717) is 0 Å². The van der Waals surface area contributed by atoms with Gasteiger partial charge in [-0.05, 0) is 118 Å². The molecule has 7 aromatic rings. The molecule has 4 aromatic carbocycles. The first-order chi connectivity index (χ1) is 22.2. The largest absolute Gasteiger partial charge is 0.457 e. The number of fused-ring (bicyclic) bond motifs is 3. The molecule has 5 heteroatoms. The first-order valence-corrected chi connectivity index (χ1v) is 16.2. The van der Waals surface area contributed by atoms with Crippen LogP contribution in [0.3, 0.4) is 0 Å². The fraction of sp³-hybridized carbons (Fsp3) is 0.220. The average molecular weight is 605 g/mol. The molecule has 0 saturated carbocycles. The summed E-state index contributed by atoms with van der Waals surface area (Å²) in [5.74, 6) is 2.45. The first-order valence-electron chi connectivity index (χ1n) is 16.2. The number of aromatic nitrogens is 4. The van der Waals surface area contributed by atoms with E-state index in [4.69, 9.17) is 14.8 Å². The lowest BCUT2D eigenvalue weighted by molar-refractivity contribution is 0.482. The van der Waals surface area contributed by atoms with E-state index in [0.717, 1.165) is 63.8 Å². The average Bonchev–Trinajstić information content (AvgIpc) is 3.52. The van der Waals surface area contributed by atoms with Crippen molar-refractivity contribution in [1.82, 2.24) is 19.3 Å². The van der Waals surface area contributed by atoms with Crippen LogP contribution in [0.2, 0.25) is 0 Å². The topological polar surface area (TPSA) is 44.9 Å². The third-order valence-corrected chi connectivity index (χ3v) is 9.04. The van der Waals surface area contributed by atoms with Crippen LogP contribution in [0.1, 0.15) is 53.1 Å². The smallest absolute Gasteiger partial charge is 0.137 e. The number of benzene rings is 4. The number of aryl methyl sites for hydroxylation is 6. The Hall–Kier alpha value is -5.16. The number of pyridine rings is 1. The van der Waals surface area contributed by atoms with Gasteiger partial charge in [0.2, 0.25) is 0 Å². The van der Waals surface area contributed by atoms with Gasteiger partial charge in [-0.15, -0.1) is 0 Å². The predicted octanol–water partition coefficient (Wildman–Crippen LogP) is 10.5. The summed E-state index contributed by atoms with van der Waals surface area (Å²) in [6.07, 6.45) is 3.84. The van der Waals surface area contributed by atoms with Crippen molar-refractivity contribution in [2.75, 3.05) is 0 Å². The van der Waals surface area contributed by atoms with Gasteiger partial charge >= 0.3 is 0 Å². The molecule has 0 bridgehead atoms. The van der Waals surface area contributed by atoms with Crippen molar-refractivity contribution < 1.29 is 4.74 Å². The lowest BCUT2D eigenvalue weighted by Gasteiger charge is -2.16. The molecule has 7 rings (SSSR count). The van der Waals surface area contributed by atoms with E-state index < -0.39 is 0 Å². The van der Waals surface area contributed by atoms with E-state index in [1.54, 1.807) is 0 Å². The van der Waals surface area contributed by atoms with E-state index in [1.807, 2.05) is 12.3 Å². The van der Waals surface area contributed by atoms with Gasteiger partial charge in [0, 0.05) is 40.4 Å². The lowest BCUT2D eigenvalue weighted by Crippen LogP contribution is -2.01. The summed E-state index contributed by atoms with van der Waals surface area (Å²) in [6, 6.07) is 30.0. The van der Waals surface area contributed by atoms with Gasteiger partial charge in [-0.25, -0.2) is 9.67 Å². The van der Waals surface area contributed by atoms with Crippen molar-refractivity contribution in [3.05, 3.63) is 130 Å². The predicted molar refractivity (Wildman–Crippen MR) is 190 cm³/mol. The van der Waals surface area contributed by atoms with Gasteiger partial charge in [-0.2, -0.15) is 5.10 Å². The van der Waals surface area contributed by atoms with Gasteiger partial charge in [0.1, 0.15) is 17.3 Å². The van der Waals surface area contributed by atoms with Gasteiger partial charge in [-0.1, -0.05) is 49.7 Å². The van der Waals surface area contributed by atoms with Crippen molar-refractivity contribution in [2.24, 2.45) is 0 Å². The highest BCUT2D eigenvalue weighted by Crippen LogP contribution is 2.38. The SMILES string of the molecule is CCc1cc(C)cc(CC)c1-c1c(C)nn(-c2cc(C)cc(Oc3ccc4c5ccccc5n(-c5cc(C)ccn5)c4c3)c2)c1C. The Labute approximate surface area is 271 Å². The molecule has 230 valence electrons. The van der Waals surface area contributed by atoms with Gasteiger partial charge in [0.15, 0.2) is 0 Å². The monoisotopic (exact) mass is 604 g/mol. The number of ether oxygens (including phenoxy) is 1. The summed E-state index contributed by atoms with van der Waals surface area (Å²) in [5, 5.41) is 7.45. The molecule has 0 unspecified atom stereocenters. The third-order valence-electron chi connectivity index (χ3n) is 9.04. The standard InChI is InChI=1S/C41H40N4O/c1-8-30-18-26(4)19-31(9-2)41(30)40-28(6)43-45(29(40)7)32-20-27(5)21-34(23-32)46-33-14-15-36-35-12-10-11-13-37(35)44(38(36)24-33)39-22-25(3)16-17-42-39/h10-24H,8-9H2,1-7H3. The molecule has 0 fully saturated rings. The molecule has 0 spiro atoms. The minimum Gasteiger partial charge on any atom is -0.457 e. The molecule has 0 aliphatic heterocycles. The van der Waals surface area contributed by atoms with Crippen LogP contribution in [0.25, 0.3) is 44.4 Å². The highest BCUT2D eigenvalue weighted by molar-refractivity contribution is 6.09. The quantitative estimate of drug-likeness (QED) is 0.182. The lowest BCUT2D eigenvalue weighted by atomic mass is 9.89. The molecule has 46 heavy (non-hydrogen) atoms. The van der Waals surface area contributed by atoms with Crippen molar-refractivity contribution in [3.63, 3.8) is 0 Å². The highest BCUT2D eigenvalue weighted by Gasteiger charge is 2.21. The van der Waals surface area contributed by atoms with Gasteiger partial charge in [0.05, 0.1) is 22.4 Å². The minimum absolute atomic E-state index is 0.773. The summed E-state index contributed by atoms with van der Waals surface area (Å²) >= 11 is 0. The van der Waals surface area contributed by atoms with Crippen molar-refractivity contribution in [1.29, 1.82) is 0 Å². The maximum absolute atomic E-state index is 6.61. The molecule has 3 heterocycles. The second-order valence-corrected chi connectivity index (χ2v) is 12.5. The molecule has 0 aliphatic carbocycles. The molecule has 5 nitrogen and oxygen atoms in total. The molecule has 0 N–H and O–H groups in total. The Bertz CT molecular complexity index is 2240. The zero-order valence-electron chi connectivity index (χ0n) is 27.8. The second kappa shape index (κ2) is 11.6. The van der Waals surface area contributed by atoms with E-state index in [9.17, 15) is 0 Å². The highest BCUT2D eigenvalue weighted by atomic mass is 16.5. The third kappa shape index (κ3) is 5.06. The van der Waals surface area contributed by atoms with Crippen LogP contribution in [-0.4, -0.2) is 19.3 Å². The molecule has 0 amide bonds. The molecule has 3 aromatic heterocycles. The van der Waals surface area contributed by atoms with Crippen molar-refractivity contribution in [2.45, 2.75) is 61.3 Å². The number of para-hydroxylation sites is 1. The van der Waals surface area contributed by atoms with E-state index in [-0.39, 0.29) is 0 Å². The van der Waals surface area contributed by atoms with Crippen LogP contribution in [0.15, 0.2) is 91.1 Å². The Morgan fingerprint density at radius 3 is 2.09 bits per heavy atom. The second-order valence-electron chi connectivity index (χ2n) is 12.5. The van der Waals surface area contributed by atoms with Crippen molar-refractivity contribution in [3.8, 4) is 34.1 Å². The van der Waals surface area contributed by atoms with Gasteiger partial charge in [0.25, 0.3) is 0 Å². The molecule has 0 aliphatic rings. The summed E-state index contributed by atoms with van der Waals surface area (Å²) in [5.41, 5.74) is 14.3. The fourth-order valence-corrected chi connectivity index (χ4v) is 7.03. The Kier molecular flexibility index (Phi) is 7.48.